The molecule has 0 fully saturated rings. The Labute approximate surface area is 197 Å². The summed E-state index contributed by atoms with van der Waals surface area (Å²) in [5.74, 6) is 2.15. The number of carbonyl (C=O) groups excluding carboxylic acids is 1. The lowest BCUT2D eigenvalue weighted by Crippen LogP contribution is -2.35. The summed E-state index contributed by atoms with van der Waals surface area (Å²) in [6, 6.07) is 21.4. The second-order valence-electron chi connectivity index (χ2n) is 8.77. The molecule has 0 saturated carbocycles. The molecule has 2 heterocycles. The molecule has 0 atom stereocenters. The van der Waals surface area contributed by atoms with Crippen LogP contribution in [0, 0.1) is 0 Å². The smallest absolute Gasteiger partial charge is 0.223 e. The van der Waals surface area contributed by atoms with E-state index < -0.39 is 0 Å². The molecule has 1 amide bonds. The Morgan fingerprint density at radius 2 is 1.62 bits per heavy atom. The summed E-state index contributed by atoms with van der Waals surface area (Å²) in [4.78, 5) is 16.9. The lowest BCUT2D eigenvalue weighted by Gasteiger charge is -2.26. The molecule has 32 heavy (non-hydrogen) atoms. The summed E-state index contributed by atoms with van der Waals surface area (Å²) in [7, 11) is 4.07. The third kappa shape index (κ3) is 6.47. The fraction of sp³-hybridized carbons (Fsp3) is 0.370. The van der Waals surface area contributed by atoms with Gasteiger partial charge in [0.1, 0.15) is 11.5 Å². The molecule has 1 aliphatic heterocycles. The van der Waals surface area contributed by atoms with E-state index in [2.05, 4.69) is 65.6 Å². The zero-order valence-electron chi connectivity index (χ0n) is 19.0. The Kier molecular flexibility index (Phi) is 8.54. The Morgan fingerprint density at radius 3 is 2.38 bits per heavy atom. The minimum absolute atomic E-state index is 0. The number of aryl methyl sites for hydroxylation is 3. The van der Waals surface area contributed by atoms with Crippen LogP contribution in [-0.2, 0) is 43.6 Å². The van der Waals surface area contributed by atoms with Crippen molar-refractivity contribution in [3.63, 3.8) is 0 Å². The number of fused-ring (bicyclic) bond motifs is 1. The van der Waals surface area contributed by atoms with Gasteiger partial charge in [0.05, 0.1) is 13.1 Å². The largest absolute Gasteiger partial charge is 0.463 e. The van der Waals surface area contributed by atoms with Crippen molar-refractivity contribution in [1.82, 2.24) is 9.80 Å². The molecule has 4 rings (SSSR count). The van der Waals surface area contributed by atoms with Gasteiger partial charge in [0.2, 0.25) is 5.91 Å². The zero-order valence-corrected chi connectivity index (χ0v) is 19.9. The quantitative estimate of drug-likeness (QED) is 0.479. The summed E-state index contributed by atoms with van der Waals surface area (Å²) >= 11 is 0. The van der Waals surface area contributed by atoms with E-state index >= 15 is 0 Å². The molecule has 0 saturated heterocycles. The van der Waals surface area contributed by atoms with Crippen LogP contribution in [0.1, 0.15) is 40.2 Å². The first-order chi connectivity index (χ1) is 15.1. The Balaban J connectivity index is 0.00000289. The van der Waals surface area contributed by atoms with Crippen molar-refractivity contribution in [2.45, 2.75) is 45.2 Å². The molecular formula is C27H33ClN2O2. The van der Waals surface area contributed by atoms with Gasteiger partial charge in [-0.25, -0.2) is 0 Å². The van der Waals surface area contributed by atoms with Crippen LogP contribution >= 0.6 is 12.4 Å². The van der Waals surface area contributed by atoms with E-state index in [1.165, 1.54) is 22.3 Å². The summed E-state index contributed by atoms with van der Waals surface area (Å²) in [5, 5.41) is 0. The lowest BCUT2D eigenvalue weighted by atomic mass is 10.0. The van der Waals surface area contributed by atoms with E-state index in [0.29, 0.717) is 13.0 Å². The predicted molar refractivity (Wildman–Crippen MR) is 131 cm³/mol. The van der Waals surface area contributed by atoms with Gasteiger partial charge in [-0.1, -0.05) is 54.6 Å². The first-order valence-corrected chi connectivity index (χ1v) is 11.2. The molecule has 1 aromatic heterocycles. The highest BCUT2D eigenvalue weighted by Gasteiger charge is 2.24. The van der Waals surface area contributed by atoms with E-state index in [9.17, 15) is 4.79 Å². The number of rotatable bonds is 8. The third-order valence-electron chi connectivity index (χ3n) is 5.92. The number of amides is 1. The molecule has 0 spiro atoms. The summed E-state index contributed by atoms with van der Waals surface area (Å²) in [6.45, 7) is 2.17. The number of benzene rings is 2. The Morgan fingerprint density at radius 1 is 0.938 bits per heavy atom. The van der Waals surface area contributed by atoms with E-state index in [4.69, 9.17) is 4.42 Å². The van der Waals surface area contributed by atoms with Crippen molar-refractivity contribution >= 4 is 18.3 Å². The highest BCUT2D eigenvalue weighted by molar-refractivity contribution is 5.85. The number of hydrogen-bond donors (Lipinski definition) is 0. The molecule has 170 valence electrons. The third-order valence-corrected chi connectivity index (χ3v) is 5.92. The van der Waals surface area contributed by atoms with Gasteiger partial charge in [0.25, 0.3) is 0 Å². The first kappa shape index (κ1) is 24.1. The SMILES string of the molecule is CN(C)Cc1cc2c(o1)CN(C(=O)CCc1cccc(CCc3ccccc3)c1)CC2.Cl. The molecule has 3 aromatic rings. The molecule has 0 N–H and O–H groups in total. The second kappa shape index (κ2) is 11.3. The van der Waals surface area contributed by atoms with Gasteiger partial charge in [-0.3, -0.25) is 4.79 Å². The molecule has 1 aliphatic rings. The van der Waals surface area contributed by atoms with Gasteiger partial charge in [0, 0.05) is 13.0 Å². The van der Waals surface area contributed by atoms with Gasteiger partial charge in [-0.05, 0) is 68.1 Å². The van der Waals surface area contributed by atoms with E-state index in [0.717, 1.165) is 50.3 Å². The second-order valence-corrected chi connectivity index (χ2v) is 8.77. The highest BCUT2D eigenvalue weighted by Crippen LogP contribution is 2.24. The maximum absolute atomic E-state index is 12.8. The molecule has 4 nitrogen and oxygen atoms in total. The van der Waals surface area contributed by atoms with Crippen molar-refractivity contribution < 1.29 is 9.21 Å². The highest BCUT2D eigenvalue weighted by atomic mass is 35.5. The van der Waals surface area contributed by atoms with Gasteiger partial charge in [0.15, 0.2) is 0 Å². The maximum Gasteiger partial charge on any atom is 0.223 e. The average Bonchev–Trinajstić information content (AvgIpc) is 3.17. The molecule has 0 radical (unpaired) electrons. The number of carbonyl (C=O) groups is 1. The average molecular weight is 453 g/mol. The molecule has 5 heteroatoms. The standard InChI is InChI=1S/C27H32N2O2.ClH/c1-28(2)19-25-18-24-15-16-29(20-26(24)31-25)27(30)14-13-23-10-6-9-22(17-23)12-11-21-7-4-3-5-8-21;/h3-10,17-18H,11-16,19-20H2,1-2H3;1H. The summed E-state index contributed by atoms with van der Waals surface area (Å²) in [6.07, 6.45) is 4.27. The van der Waals surface area contributed by atoms with Crippen molar-refractivity contribution in [3.05, 3.63) is 94.4 Å². The topological polar surface area (TPSA) is 36.7 Å². The number of halogens is 1. The van der Waals surface area contributed by atoms with Crippen LogP contribution in [0.5, 0.6) is 0 Å². The lowest BCUT2D eigenvalue weighted by molar-refractivity contribution is -0.132. The fourth-order valence-corrected chi connectivity index (χ4v) is 4.27. The molecule has 0 unspecified atom stereocenters. The van der Waals surface area contributed by atoms with Crippen LogP contribution in [0.3, 0.4) is 0 Å². The van der Waals surface area contributed by atoms with E-state index in [-0.39, 0.29) is 18.3 Å². The van der Waals surface area contributed by atoms with E-state index in [1.54, 1.807) is 0 Å². The minimum Gasteiger partial charge on any atom is -0.463 e. The number of hydrogen-bond acceptors (Lipinski definition) is 3. The van der Waals surface area contributed by atoms with Gasteiger partial charge < -0.3 is 14.2 Å². The van der Waals surface area contributed by atoms with Crippen molar-refractivity contribution in [1.29, 1.82) is 0 Å². The minimum atomic E-state index is 0. The van der Waals surface area contributed by atoms with E-state index in [1.807, 2.05) is 19.0 Å². The van der Waals surface area contributed by atoms with Crippen molar-refractivity contribution in [3.8, 4) is 0 Å². The summed E-state index contributed by atoms with van der Waals surface area (Å²) < 4.78 is 6.00. The maximum atomic E-state index is 12.8. The molecule has 2 aromatic carbocycles. The van der Waals surface area contributed by atoms with Crippen LogP contribution < -0.4 is 0 Å². The zero-order chi connectivity index (χ0) is 21.6. The Hall–Kier alpha value is -2.56. The van der Waals surface area contributed by atoms with Crippen LogP contribution in [-0.4, -0.2) is 36.3 Å². The fourth-order valence-electron chi connectivity index (χ4n) is 4.27. The van der Waals surface area contributed by atoms with Crippen molar-refractivity contribution in [2.24, 2.45) is 0 Å². The molecule has 0 aliphatic carbocycles. The number of nitrogens with zero attached hydrogens (tertiary/aromatic N) is 2. The van der Waals surface area contributed by atoms with Gasteiger partial charge in [-0.15, -0.1) is 12.4 Å². The van der Waals surface area contributed by atoms with Crippen LogP contribution in [0.25, 0.3) is 0 Å². The normalized spacial score (nSPS) is 13.0. The molecule has 0 bridgehead atoms. The summed E-state index contributed by atoms with van der Waals surface area (Å²) in [5.41, 5.74) is 5.19. The monoisotopic (exact) mass is 452 g/mol. The Bertz CT molecular complexity index is 1010. The van der Waals surface area contributed by atoms with Crippen LogP contribution in [0.2, 0.25) is 0 Å². The predicted octanol–water partition coefficient (Wildman–Crippen LogP) is 5.07. The van der Waals surface area contributed by atoms with Crippen molar-refractivity contribution in [2.75, 3.05) is 20.6 Å². The van der Waals surface area contributed by atoms with Crippen LogP contribution in [0.15, 0.2) is 65.1 Å². The van der Waals surface area contributed by atoms with Gasteiger partial charge >= 0.3 is 0 Å². The first-order valence-electron chi connectivity index (χ1n) is 11.2. The van der Waals surface area contributed by atoms with Gasteiger partial charge in [-0.2, -0.15) is 0 Å². The van der Waals surface area contributed by atoms with Crippen LogP contribution in [0.4, 0.5) is 0 Å². The molecular weight excluding hydrogens is 420 g/mol. The number of furan rings is 1.